The Kier molecular flexibility index (Phi) is 2.62. The fourth-order valence-corrected chi connectivity index (χ4v) is 3.03. The quantitative estimate of drug-likeness (QED) is 0.713. The van der Waals surface area contributed by atoms with Crippen molar-refractivity contribution < 1.29 is 0 Å². The van der Waals surface area contributed by atoms with Gasteiger partial charge < -0.3 is 5.73 Å². The summed E-state index contributed by atoms with van der Waals surface area (Å²) in [6.45, 7) is 0. The van der Waals surface area contributed by atoms with Crippen molar-refractivity contribution in [2.75, 3.05) is 5.73 Å². The van der Waals surface area contributed by atoms with E-state index in [1.807, 2.05) is 11.4 Å². The van der Waals surface area contributed by atoms with Gasteiger partial charge in [0.1, 0.15) is 14.9 Å². The first-order chi connectivity index (χ1) is 8.33. The molecular formula is C10H7N5S2. The van der Waals surface area contributed by atoms with Crippen LogP contribution in [0.25, 0.3) is 10.2 Å². The van der Waals surface area contributed by atoms with E-state index in [1.54, 1.807) is 29.9 Å². The highest BCUT2D eigenvalue weighted by molar-refractivity contribution is 7.99. The number of hydrogen-bond acceptors (Lipinski definition) is 7. The predicted octanol–water partition coefficient (Wildman–Crippen LogP) is 2.21. The molecule has 0 spiro atoms. The SMILES string of the molecule is Nc1nc(Sc2cnccn2)c2ccsc2n1. The molecule has 0 saturated carbocycles. The molecule has 0 radical (unpaired) electrons. The Hall–Kier alpha value is -1.73. The molecule has 0 atom stereocenters. The standard InChI is InChI=1S/C10H7N5S2/c11-10-14-8-6(1-4-16-8)9(15-10)17-7-5-12-2-3-13-7/h1-5H,(H2,11,14,15). The van der Waals surface area contributed by atoms with Gasteiger partial charge in [-0.1, -0.05) is 0 Å². The molecule has 3 rings (SSSR count). The number of rotatable bonds is 2. The number of anilines is 1. The number of nitrogen functional groups attached to an aromatic ring is 1. The van der Waals surface area contributed by atoms with Crippen molar-refractivity contribution in [2.24, 2.45) is 0 Å². The van der Waals surface area contributed by atoms with Gasteiger partial charge in [0.05, 0.1) is 6.20 Å². The number of fused-ring (bicyclic) bond motifs is 1. The molecule has 84 valence electrons. The second kappa shape index (κ2) is 4.27. The van der Waals surface area contributed by atoms with E-state index in [0.29, 0.717) is 0 Å². The molecule has 3 aromatic heterocycles. The van der Waals surface area contributed by atoms with Crippen LogP contribution in [0, 0.1) is 0 Å². The van der Waals surface area contributed by atoms with Crippen LogP contribution in [0.4, 0.5) is 5.95 Å². The highest BCUT2D eigenvalue weighted by Gasteiger charge is 2.09. The van der Waals surface area contributed by atoms with Crippen molar-refractivity contribution in [3.8, 4) is 0 Å². The maximum Gasteiger partial charge on any atom is 0.222 e. The first-order valence-corrected chi connectivity index (χ1v) is 6.47. The van der Waals surface area contributed by atoms with Crippen LogP contribution in [-0.2, 0) is 0 Å². The van der Waals surface area contributed by atoms with Gasteiger partial charge in [-0.05, 0) is 23.2 Å². The van der Waals surface area contributed by atoms with E-state index in [1.165, 1.54) is 11.8 Å². The molecule has 0 aliphatic heterocycles. The molecule has 0 amide bonds. The van der Waals surface area contributed by atoms with E-state index in [0.717, 1.165) is 20.3 Å². The minimum absolute atomic E-state index is 0.284. The van der Waals surface area contributed by atoms with Crippen molar-refractivity contribution in [1.29, 1.82) is 0 Å². The van der Waals surface area contributed by atoms with Gasteiger partial charge in [-0.3, -0.25) is 4.98 Å². The van der Waals surface area contributed by atoms with Gasteiger partial charge in [-0.2, -0.15) is 0 Å². The van der Waals surface area contributed by atoms with E-state index >= 15 is 0 Å². The lowest BCUT2D eigenvalue weighted by Crippen LogP contribution is -1.95. The second-order valence-electron chi connectivity index (χ2n) is 3.17. The Morgan fingerprint density at radius 1 is 1.24 bits per heavy atom. The van der Waals surface area contributed by atoms with E-state index in [4.69, 9.17) is 5.73 Å². The predicted molar refractivity (Wildman–Crippen MR) is 68.0 cm³/mol. The third-order valence-electron chi connectivity index (χ3n) is 2.05. The van der Waals surface area contributed by atoms with Crippen LogP contribution in [0.3, 0.4) is 0 Å². The van der Waals surface area contributed by atoms with Crippen LogP contribution in [-0.4, -0.2) is 19.9 Å². The third-order valence-corrected chi connectivity index (χ3v) is 3.78. The topological polar surface area (TPSA) is 77.6 Å². The molecular weight excluding hydrogens is 254 g/mol. The molecule has 0 bridgehead atoms. The maximum absolute atomic E-state index is 5.67. The summed E-state index contributed by atoms with van der Waals surface area (Å²) in [5, 5.41) is 4.58. The monoisotopic (exact) mass is 261 g/mol. The van der Waals surface area contributed by atoms with E-state index in [-0.39, 0.29) is 5.95 Å². The van der Waals surface area contributed by atoms with Gasteiger partial charge in [-0.25, -0.2) is 15.0 Å². The summed E-state index contributed by atoms with van der Waals surface area (Å²) < 4.78 is 0. The molecule has 5 nitrogen and oxygen atoms in total. The Balaban J connectivity index is 2.08. The molecule has 7 heteroatoms. The van der Waals surface area contributed by atoms with Gasteiger partial charge in [0.25, 0.3) is 0 Å². The van der Waals surface area contributed by atoms with Crippen LogP contribution >= 0.6 is 23.1 Å². The molecule has 0 aliphatic rings. The maximum atomic E-state index is 5.67. The molecule has 0 fully saturated rings. The number of nitrogens with two attached hydrogens (primary N) is 1. The zero-order chi connectivity index (χ0) is 11.7. The minimum Gasteiger partial charge on any atom is -0.368 e. The Morgan fingerprint density at radius 2 is 2.18 bits per heavy atom. The lowest BCUT2D eigenvalue weighted by molar-refractivity contribution is 1.04. The number of aromatic nitrogens is 4. The van der Waals surface area contributed by atoms with E-state index in [2.05, 4.69) is 19.9 Å². The largest absolute Gasteiger partial charge is 0.368 e. The van der Waals surface area contributed by atoms with Gasteiger partial charge in [0, 0.05) is 17.8 Å². The second-order valence-corrected chi connectivity index (χ2v) is 5.08. The van der Waals surface area contributed by atoms with E-state index in [9.17, 15) is 0 Å². The summed E-state index contributed by atoms with van der Waals surface area (Å²) in [5.41, 5.74) is 5.67. The lowest BCUT2D eigenvalue weighted by Gasteiger charge is -2.01. The van der Waals surface area contributed by atoms with Crippen LogP contribution < -0.4 is 5.73 Å². The van der Waals surface area contributed by atoms with Crippen molar-refractivity contribution in [3.05, 3.63) is 30.0 Å². The smallest absolute Gasteiger partial charge is 0.222 e. The summed E-state index contributed by atoms with van der Waals surface area (Å²) in [7, 11) is 0. The Morgan fingerprint density at radius 3 is 3.00 bits per heavy atom. The summed E-state index contributed by atoms with van der Waals surface area (Å²) in [6, 6.07) is 1.98. The highest BCUT2D eigenvalue weighted by Crippen LogP contribution is 2.32. The molecule has 3 heterocycles. The normalized spacial score (nSPS) is 10.8. The summed E-state index contributed by atoms with van der Waals surface area (Å²) in [4.78, 5) is 17.5. The minimum atomic E-state index is 0.284. The highest BCUT2D eigenvalue weighted by atomic mass is 32.2. The van der Waals surface area contributed by atoms with Gasteiger partial charge in [-0.15, -0.1) is 11.3 Å². The van der Waals surface area contributed by atoms with Crippen LogP contribution in [0.2, 0.25) is 0 Å². The average molecular weight is 261 g/mol. The first-order valence-electron chi connectivity index (χ1n) is 4.77. The zero-order valence-electron chi connectivity index (χ0n) is 8.57. The zero-order valence-corrected chi connectivity index (χ0v) is 10.2. The summed E-state index contributed by atoms with van der Waals surface area (Å²) in [5.74, 6) is 0.284. The first kappa shape index (κ1) is 10.4. The average Bonchev–Trinajstić information content (AvgIpc) is 2.78. The molecule has 0 unspecified atom stereocenters. The fraction of sp³-hybridized carbons (Fsp3) is 0. The van der Waals surface area contributed by atoms with Crippen LogP contribution in [0.5, 0.6) is 0 Å². The Labute approximate surface area is 105 Å². The lowest BCUT2D eigenvalue weighted by atomic mass is 10.4. The van der Waals surface area contributed by atoms with Gasteiger partial charge in [0.2, 0.25) is 5.95 Å². The van der Waals surface area contributed by atoms with E-state index < -0.39 is 0 Å². The molecule has 0 aliphatic carbocycles. The van der Waals surface area contributed by atoms with Crippen molar-refractivity contribution in [3.63, 3.8) is 0 Å². The molecule has 0 saturated heterocycles. The molecule has 3 aromatic rings. The Bertz CT molecular complexity index is 652. The van der Waals surface area contributed by atoms with Crippen molar-refractivity contribution >= 4 is 39.3 Å². The number of hydrogen-bond donors (Lipinski definition) is 1. The summed E-state index contributed by atoms with van der Waals surface area (Å²) >= 11 is 2.98. The summed E-state index contributed by atoms with van der Waals surface area (Å²) in [6.07, 6.45) is 4.98. The van der Waals surface area contributed by atoms with Gasteiger partial charge in [0.15, 0.2) is 0 Å². The van der Waals surface area contributed by atoms with Crippen LogP contribution in [0.1, 0.15) is 0 Å². The van der Waals surface area contributed by atoms with Crippen LogP contribution in [0.15, 0.2) is 40.1 Å². The third kappa shape index (κ3) is 2.06. The number of nitrogens with zero attached hydrogens (tertiary/aromatic N) is 4. The number of thiophene rings is 1. The molecule has 2 N–H and O–H groups in total. The van der Waals surface area contributed by atoms with Gasteiger partial charge >= 0.3 is 0 Å². The van der Waals surface area contributed by atoms with Crippen molar-refractivity contribution in [2.45, 2.75) is 10.1 Å². The molecule has 0 aromatic carbocycles. The molecule has 17 heavy (non-hydrogen) atoms. The van der Waals surface area contributed by atoms with Crippen molar-refractivity contribution in [1.82, 2.24) is 19.9 Å². The fourth-order valence-electron chi connectivity index (χ4n) is 1.36.